The number of hydrogen-bond acceptors (Lipinski definition) is 8. The Morgan fingerprint density at radius 3 is 2.62 bits per heavy atom. The SMILES string of the molecule is O=C(OC1C2CC3C(=O)OC1C3C2)OC(C1CCCC1)S(=O)(=O)[O-]. The Morgan fingerprint density at radius 1 is 1.25 bits per heavy atom. The van der Waals surface area contributed by atoms with Crippen molar-refractivity contribution >= 4 is 22.2 Å². The molecule has 4 aliphatic rings. The van der Waals surface area contributed by atoms with Crippen LogP contribution < -0.4 is 0 Å². The average Bonchev–Trinajstić information content (AvgIpc) is 3.22. The van der Waals surface area contributed by atoms with Crippen LogP contribution in [0.3, 0.4) is 0 Å². The summed E-state index contributed by atoms with van der Waals surface area (Å²) in [5.74, 6) is -0.747. The number of ether oxygens (including phenoxy) is 3. The molecule has 0 radical (unpaired) electrons. The fraction of sp³-hybridized carbons (Fsp3) is 0.867. The lowest BCUT2D eigenvalue weighted by Gasteiger charge is -2.28. The molecule has 24 heavy (non-hydrogen) atoms. The lowest BCUT2D eigenvalue weighted by Crippen LogP contribution is -2.39. The minimum Gasteiger partial charge on any atom is -0.745 e. The molecule has 6 unspecified atom stereocenters. The number of rotatable bonds is 4. The molecule has 0 aromatic carbocycles. The fourth-order valence-corrected chi connectivity index (χ4v) is 5.86. The summed E-state index contributed by atoms with van der Waals surface area (Å²) in [7, 11) is -4.77. The van der Waals surface area contributed by atoms with Crippen molar-refractivity contribution < 1.29 is 36.8 Å². The highest BCUT2D eigenvalue weighted by atomic mass is 32.2. The molecule has 4 rings (SSSR count). The van der Waals surface area contributed by atoms with E-state index in [1.807, 2.05) is 0 Å². The van der Waals surface area contributed by atoms with Crippen LogP contribution in [0.5, 0.6) is 0 Å². The van der Waals surface area contributed by atoms with Crippen LogP contribution in [0, 0.1) is 23.7 Å². The van der Waals surface area contributed by atoms with E-state index >= 15 is 0 Å². The van der Waals surface area contributed by atoms with Crippen molar-refractivity contribution in [2.24, 2.45) is 23.7 Å². The molecule has 4 fully saturated rings. The fourth-order valence-electron chi connectivity index (χ4n) is 4.92. The smallest absolute Gasteiger partial charge is 0.509 e. The standard InChI is InChI=1S/C15H20O8S/c16-13-10-6-8-5-9(10)12(21-13)11(8)22-15(17)23-14(24(18,19)20)7-3-1-2-4-7/h7-12,14H,1-6H2,(H,18,19,20)/p-1. The van der Waals surface area contributed by atoms with Gasteiger partial charge in [-0.15, -0.1) is 0 Å². The molecule has 0 aromatic heterocycles. The summed E-state index contributed by atoms with van der Waals surface area (Å²) in [5.41, 5.74) is -1.70. The quantitative estimate of drug-likeness (QED) is 0.542. The van der Waals surface area contributed by atoms with E-state index in [-0.39, 0.29) is 23.7 Å². The molecule has 8 nitrogen and oxygen atoms in total. The van der Waals surface area contributed by atoms with Crippen LogP contribution in [-0.2, 0) is 29.1 Å². The van der Waals surface area contributed by atoms with Gasteiger partial charge >= 0.3 is 12.1 Å². The molecule has 3 aliphatic carbocycles. The molecule has 134 valence electrons. The molecule has 9 heteroatoms. The Morgan fingerprint density at radius 2 is 1.96 bits per heavy atom. The van der Waals surface area contributed by atoms with Gasteiger partial charge in [-0.1, -0.05) is 12.8 Å². The van der Waals surface area contributed by atoms with Gasteiger partial charge in [-0.05, 0) is 25.7 Å². The van der Waals surface area contributed by atoms with Crippen molar-refractivity contribution in [3.05, 3.63) is 0 Å². The number of carbonyl (C=O) groups is 2. The van der Waals surface area contributed by atoms with Gasteiger partial charge in [0.25, 0.3) is 0 Å². The van der Waals surface area contributed by atoms with E-state index in [0.717, 1.165) is 19.3 Å². The number of carbonyl (C=O) groups excluding carboxylic acids is 2. The van der Waals surface area contributed by atoms with Gasteiger partial charge in [-0.3, -0.25) is 4.79 Å². The highest BCUT2D eigenvalue weighted by Crippen LogP contribution is 2.55. The van der Waals surface area contributed by atoms with Gasteiger partial charge in [0.1, 0.15) is 22.3 Å². The number of hydrogen-bond donors (Lipinski definition) is 0. The van der Waals surface area contributed by atoms with Crippen LogP contribution in [-0.4, -0.2) is 42.7 Å². The third-order valence-corrected chi connectivity index (χ3v) is 6.98. The van der Waals surface area contributed by atoms with Crippen molar-refractivity contribution in [3.8, 4) is 0 Å². The first kappa shape index (κ1) is 16.1. The van der Waals surface area contributed by atoms with Gasteiger partial charge in [0.15, 0.2) is 5.44 Å². The van der Waals surface area contributed by atoms with Gasteiger partial charge < -0.3 is 18.8 Å². The topological polar surface area (TPSA) is 119 Å². The van der Waals surface area contributed by atoms with Crippen LogP contribution in [0.25, 0.3) is 0 Å². The molecular formula is C15H19O8S-. The van der Waals surface area contributed by atoms with Crippen LogP contribution in [0.15, 0.2) is 0 Å². The van der Waals surface area contributed by atoms with Gasteiger partial charge in [-0.25, -0.2) is 13.2 Å². The predicted molar refractivity (Wildman–Crippen MR) is 76.4 cm³/mol. The van der Waals surface area contributed by atoms with E-state index < -0.39 is 39.8 Å². The van der Waals surface area contributed by atoms with Crippen molar-refractivity contribution in [3.63, 3.8) is 0 Å². The molecule has 0 aromatic rings. The first-order valence-electron chi connectivity index (χ1n) is 8.37. The Labute approximate surface area is 139 Å². The Balaban J connectivity index is 1.42. The maximum atomic E-state index is 12.1. The van der Waals surface area contributed by atoms with Gasteiger partial charge in [-0.2, -0.15) is 0 Å². The average molecular weight is 359 g/mol. The van der Waals surface area contributed by atoms with E-state index in [2.05, 4.69) is 0 Å². The highest BCUT2D eigenvalue weighted by molar-refractivity contribution is 7.86. The third-order valence-electron chi connectivity index (χ3n) is 5.93. The Bertz CT molecular complexity index is 652. The summed E-state index contributed by atoms with van der Waals surface area (Å²) in [6.07, 6.45) is 1.82. The summed E-state index contributed by atoms with van der Waals surface area (Å²) in [6.45, 7) is 0. The molecule has 0 amide bonds. The zero-order valence-electron chi connectivity index (χ0n) is 13.0. The molecule has 0 spiro atoms. The van der Waals surface area contributed by atoms with Crippen LogP contribution in [0.2, 0.25) is 0 Å². The van der Waals surface area contributed by atoms with Crippen LogP contribution in [0.1, 0.15) is 38.5 Å². The highest BCUT2D eigenvalue weighted by Gasteiger charge is 2.63. The molecule has 6 atom stereocenters. The third kappa shape index (κ3) is 2.57. The van der Waals surface area contributed by atoms with Crippen molar-refractivity contribution in [2.45, 2.75) is 56.2 Å². The normalized spacial score (nSPS) is 39.0. The van der Waals surface area contributed by atoms with E-state index in [4.69, 9.17) is 14.2 Å². The largest absolute Gasteiger partial charge is 0.745 e. The summed E-state index contributed by atoms with van der Waals surface area (Å²) in [5, 5.41) is 0. The summed E-state index contributed by atoms with van der Waals surface area (Å²) in [4.78, 5) is 23.8. The summed E-state index contributed by atoms with van der Waals surface area (Å²) in [6, 6.07) is 0. The molecule has 1 heterocycles. The van der Waals surface area contributed by atoms with Crippen molar-refractivity contribution in [1.82, 2.24) is 0 Å². The van der Waals surface area contributed by atoms with Gasteiger partial charge in [0.05, 0.1) is 5.92 Å². The predicted octanol–water partition coefficient (Wildman–Crippen LogP) is 1.15. The van der Waals surface area contributed by atoms with Crippen LogP contribution in [0.4, 0.5) is 4.79 Å². The molecule has 0 N–H and O–H groups in total. The lowest BCUT2D eigenvalue weighted by atomic mass is 9.88. The zero-order valence-corrected chi connectivity index (χ0v) is 13.8. The molecule has 3 saturated carbocycles. The first-order valence-corrected chi connectivity index (χ1v) is 9.84. The monoisotopic (exact) mass is 359 g/mol. The van der Waals surface area contributed by atoms with Crippen LogP contribution >= 0.6 is 0 Å². The molecular weight excluding hydrogens is 340 g/mol. The summed E-state index contributed by atoms with van der Waals surface area (Å²) < 4.78 is 49.7. The van der Waals surface area contributed by atoms with Crippen molar-refractivity contribution in [2.75, 3.05) is 0 Å². The second kappa shape index (κ2) is 5.59. The lowest BCUT2D eigenvalue weighted by molar-refractivity contribution is -0.146. The number of esters is 1. The number of fused-ring (bicyclic) bond motifs is 1. The van der Waals surface area contributed by atoms with Gasteiger partial charge in [0.2, 0.25) is 0 Å². The second-order valence-electron chi connectivity index (χ2n) is 7.26. The van der Waals surface area contributed by atoms with E-state index in [1.54, 1.807) is 0 Å². The van der Waals surface area contributed by atoms with E-state index in [1.165, 1.54) is 0 Å². The van der Waals surface area contributed by atoms with E-state index in [0.29, 0.717) is 19.3 Å². The Hall–Kier alpha value is -1.35. The Kier molecular flexibility index (Phi) is 3.76. The minimum atomic E-state index is -4.77. The molecule has 1 aliphatic heterocycles. The maximum Gasteiger partial charge on any atom is 0.509 e. The first-order chi connectivity index (χ1) is 11.3. The molecule has 2 bridgehead atoms. The van der Waals surface area contributed by atoms with Gasteiger partial charge in [0, 0.05) is 17.8 Å². The molecule has 1 saturated heterocycles. The van der Waals surface area contributed by atoms with E-state index in [9.17, 15) is 22.6 Å². The van der Waals surface area contributed by atoms with Crippen molar-refractivity contribution in [1.29, 1.82) is 0 Å². The minimum absolute atomic E-state index is 0.0257. The second-order valence-corrected chi connectivity index (χ2v) is 8.71. The maximum absolute atomic E-state index is 12.1. The summed E-state index contributed by atoms with van der Waals surface area (Å²) >= 11 is 0. The zero-order chi connectivity index (χ0) is 17.1.